The van der Waals surface area contributed by atoms with Crippen LogP contribution in [0.1, 0.15) is 12.8 Å². The molecule has 0 spiro atoms. The lowest BCUT2D eigenvalue weighted by Crippen LogP contribution is -2.41. The molecular weight excluding hydrogens is 312 g/mol. The van der Waals surface area contributed by atoms with Crippen molar-refractivity contribution in [2.75, 3.05) is 26.3 Å². The lowest BCUT2D eigenvalue weighted by atomic mass is 10.0. The Kier molecular flexibility index (Phi) is 5.51. The van der Waals surface area contributed by atoms with Gasteiger partial charge < -0.3 is 4.74 Å². The van der Waals surface area contributed by atoms with Crippen molar-refractivity contribution >= 4 is 10.0 Å². The number of ether oxygens (including phenoxy) is 1. The van der Waals surface area contributed by atoms with E-state index in [9.17, 15) is 17.2 Å². The van der Waals surface area contributed by atoms with Crippen LogP contribution < -0.4 is 0 Å². The summed E-state index contributed by atoms with van der Waals surface area (Å²) in [4.78, 5) is -0.889. The maximum absolute atomic E-state index is 13.8. The largest absolute Gasteiger partial charge is 0.368 e. The van der Waals surface area contributed by atoms with Crippen molar-refractivity contribution in [1.29, 1.82) is 0 Å². The minimum atomic E-state index is -4.20. The Morgan fingerprint density at radius 1 is 1.36 bits per heavy atom. The molecule has 0 unspecified atom stereocenters. The molecule has 1 heterocycles. The van der Waals surface area contributed by atoms with E-state index < -0.39 is 26.6 Å². The summed E-state index contributed by atoms with van der Waals surface area (Å²) in [6, 6.07) is 3.01. The fraction of sp³-hybridized carbons (Fsp3) is 0.467. The van der Waals surface area contributed by atoms with Crippen LogP contribution in [0.5, 0.6) is 0 Å². The number of hydrogen-bond donors (Lipinski definition) is 0. The van der Waals surface area contributed by atoms with Gasteiger partial charge in [-0.25, -0.2) is 17.2 Å². The zero-order valence-corrected chi connectivity index (χ0v) is 12.8. The van der Waals surface area contributed by atoms with Gasteiger partial charge in [-0.1, -0.05) is 12.0 Å². The van der Waals surface area contributed by atoms with Crippen LogP contribution in [0.4, 0.5) is 8.78 Å². The van der Waals surface area contributed by atoms with Gasteiger partial charge in [-0.15, -0.1) is 6.42 Å². The molecule has 0 N–H and O–H groups in total. The molecule has 4 nitrogen and oxygen atoms in total. The van der Waals surface area contributed by atoms with Gasteiger partial charge in [0.2, 0.25) is 10.0 Å². The van der Waals surface area contributed by atoms with Crippen LogP contribution in [0, 0.1) is 29.9 Å². The Balaban J connectivity index is 2.17. The third kappa shape index (κ3) is 3.64. The third-order valence-electron chi connectivity index (χ3n) is 3.54. The first-order chi connectivity index (χ1) is 10.5. The quantitative estimate of drug-likeness (QED) is 0.613. The molecule has 0 aliphatic carbocycles. The Hall–Kier alpha value is -1.49. The minimum absolute atomic E-state index is 0.0355. The molecule has 1 atom stereocenters. The molecule has 1 aromatic carbocycles. The van der Waals surface area contributed by atoms with Crippen LogP contribution in [-0.2, 0) is 14.8 Å². The zero-order chi connectivity index (χ0) is 16.2. The van der Waals surface area contributed by atoms with E-state index in [0.717, 1.165) is 28.9 Å². The topological polar surface area (TPSA) is 46.6 Å². The molecule has 22 heavy (non-hydrogen) atoms. The van der Waals surface area contributed by atoms with E-state index in [4.69, 9.17) is 11.2 Å². The minimum Gasteiger partial charge on any atom is -0.368 e. The Morgan fingerprint density at radius 3 is 2.68 bits per heavy atom. The summed E-state index contributed by atoms with van der Waals surface area (Å²) in [5.41, 5.74) is 0. The van der Waals surface area contributed by atoms with Crippen molar-refractivity contribution in [1.82, 2.24) is 4.31 Å². The molecule has 1 fully saturated rings. The molecule has 120 valence electrons. The molecule has 0 amide bonds. The molecule has 0 aromatic heterocycles. The van der Waals surface area contributed by atoms with Gasteiger partial charge in [0.1, 0.15) is 18.2 Å². The number of terminal acetylenes is 1. The van der Waals surface area contributed by atoms with E-state index in [-0.39, 0.29) is 25.6 Å². The summed E-state index contributed by atoms with van der Waals surface area (Å²) < 4.78 is 58.8. The molecule has 0 bridgehead atoms. The highest BCUT2D eigenvalue weighted by Gasteiger charge is 2.34. The molecule has 1 aliphatic rings. The first kappa shape index (κ1) is 16.9. The number of rotatable bonds is 5. The standard InChI is InChI=1S/C15H17F2NO3S/c1-2-9-21-11-12-5-4-8-18(10-12)22(19,20)15-13(16)6-3-7-14(15)17/h1,3,6-7,12H,4-5,8-11H2/t12-/m0/s1. The highest BCUT2D eigenvalue weighted by molar-refractivity contribution is 7.89. The van der Waals surface area contributed by atoms with Gasteiger partial charge in [-0.3, -0.25) is 0 Å². The van der Waals surface area contributed by atoms with Crippen LogP contribution in [-0.4, -0.2) is 39.0 Å². The van der Waals surface area contributed by atoms with Crippen LogP contribution >= 0.6 is 0 Å². The highest BCUT2D eigenvalue weighted by atomic mass is 32.2. The van der Waals surface area contributed by atoms with Crippen molar-refractivity contribution in [2.45, 2.75) is 17.7 Å². The van der Waals surface area contributed by atoms with Gasteiger partial charge in [0, 0.05) is 13.1 Å². The predicted molar refractivity (Wildman–Crippen MR) is 77.5 cm³/mol. The molecule has 1 saturated heterocycles. The van der Waals surface area contributed by atoms with Gasteiger partial charge in [0.15, 0.2) is 4.90 Å². The summed E-state index contributed by atoms with van der Waals surface area (Å²) in [7, 11) is -4.20. The molecule has 1 aromatic rings. The lowest BCUT2D eigenvalue weighted by Gasteiger charge is -2.31. The van der Waals surface area contributed by atoms with Crippen LogP contribution in [0.2, 0.25) is 0 Å². The fourth-order valence-electron chi connectivity index (χ4n) is 2.52. The zero-order valence-electron chi connectivity index (χ0n) is 12.0. The van der Waals surface area contributed by atoms with Crippen molar-refractivity contribution in [3.63, 3.8) is 0 Å². The first-order valence-electron chi connectivity index (χ1n) is 6.92. The number of sulfonamides is 1. The van der Waals surface area contributed by atoms with Gasteiger partial charge >= 0.3 is 0 Å². The maximum Gasteiger partial charge on any atom is 0.248 e. The number of halogens is 2. The van der Waals surface area contributed by atoms with E-state index in [2.05, 4.69) is 5.92 Å². The summed E-state index contributed by atoms with van der Waals surface area (Å²) in [5, 5.41) is 0. The van der Waals surface area contributed by atoms with Crippen molar-refractivity contribution in [3.05, 3.63) is 29.8 Å². The van der Waals surface area contributed by atoms with E-state index in [1.54, 1.807) is 0 Å². The van der Waals surface area contributed by atoms with Crippen LogP contribution in [0.15, 0.2) is 23.1 Å². The highest BCUT2D eigenvalue weighted by Crippen LogP contribution is 2.27. The number of hydrogen-bond acceptors (Lipinski definition) is 3. The Morgan fingerprint density at radius 2 is 2.05 bits per heavy atom. The fourth-order valence-corrected chi connectivity index (χ4v) is 4.19. The van der Waals surface area contributed by atoms with Crippen LogP contribution in [0.25, 0.3) is 0 Å². The summed E-state index contributed by atoms with van der Waals surface area (Å²) in [6.45, 7) is 0.892. The Labute approximate surface area is 129 Å². The van der Waals surface area contributed by atoms with Gasteiger partial charge in [0.05, 0.1) is 6.61 Å². The van der Waals surface area contributed by atoms with Crippen molar-refractivity contribution in [3.8, 4) is 12.3 Å². The average molecular weight is 329 g/mol. The number of benzene rings is 1. The summed E-state index contributed by atoms with van der Waals surface area (Å²) in [5.74, 6) is 0.145. The number of nitrogens with zero attached hydrogens (tertiary/aromatic N) is 1. The molecular formula is C15H17F2NO3S. The van der Waals surface area contributed by atoms with Gasteiger partial charge in [-0.05, 0) is 30.9 Å². The van der Waals surface area contributed by atoms with E-state index in [1.165, 1.54) is 0 Å². The van der Waals surface area contributed by atoms with E-state index >= 15 is 0 Å². The predicted octanol–water partition coefficient (Wildman–Crippen LogP) is 2.02. The van der Waals surface area contributed by atoms with E-state index in [1.807, 2.05) is 0 Å². The number of piperidine rings is 1. The molecule has 0 radical (unpaired) electrons. The monoisotopic (exact) mass is 329 g/mol. The SMILES string of the molecule is C#CCOC[C@H]1CCCN(S(=O)(=O)c2c(F)cccc2F)C1. The second kappa shape index (κ2) is 7.18. The normalized spacial score (nSPS) is 19.8. The summed E-state index contributed by atoms with van der Waals surface area (Å²) >= 11 is 0. The Bertz CT molecular complexity index is 650. The lowest BCUT2D eigenvalue weighted by molar-refractivity contribution is 0.0989. The van der Waals surface area contributed by atoms with Crippen LogP contribution in [0.3, 0.4) is 0 Å². The smallest absolute Gasteiger partial charge is 0.248 e. The second-order valence-electron chi connectivity index (χ2n) is 5.14. The third-order valence-corrected chi connectivity index (χ3v) is 5.45. The average Bonchev–Trinajstić information content (AvgIpc) is 2.47. The first-order valence-corrected chi connectivity index (χ1v) is 8.36. The second-order valence-corrected chi connectivity index (χ2v) is 7.02. The molecule has 2 rings (SSSR count). The van der Waals surface area contributed by atoms with Crippen molar-refractivity contribution < 1.29 is 21.9 Å². The maximum atomic E-state index is 13.8. The molecule has 1 aliphatic heterocycles. The summed E-state index contributed by atoms with van der Waals surface area (Å²) in [6.07, 6.45) is 6.48. The van der Waals surface area contributed by atoms with Crippen molar-refractivity contribution in [2.24, 2.45) is 5.92 Å². The van der Waals surface area contributed by atoms with Gasteiger partial charge in [0.25, 0.3) is 0 Å². The molecule has 7 heteroatoms. The van der Waals surface area contributed by atoms with Gasteiger partial charge in [-0.2, -0.15) is 4.31 Å². The molecule has 0 saturated carbocycles. The van der Waals surface area contributed by atoms with E-state index in [0.29, 0.717) is 13.0 Å².